The molecule has 136 valence electrons. The molecule has 0 bridgehead atoms. The maximum atomic E-state index is 11.9. The zero-order valence-electron chi connectivity index (χ0n) is 15.1. The van der Waals surface area contributed by atoms with Crippen molar-refractivity contribution in [2.75, 3.05) is 13.1 Å². The van der Waals surface area contributed by atoms with Crippen molar-refractivity contribution in [2.45, 2.75) is 70.5 Å². The summed E-state index contributed by atoms with van der Waals surface area (Å²) in [4.78, 5) is 14.5. The van der Waals surface area contributed by atoms with E-state index in [1.807, 2.05) is 0 Å². The van der Waals surface area contributed by atoms with Crippen LogP contribution >= 0.6 is 0 Å². The number of rotatable bonds is 6. The highest BCUT2D eigenvalue weighted by atomic mass is 16.1. The van der Waals surface area contributed by atoms with Crippen molar-refractivity contribution < 1.29 is 4.79 Å². The molecule has 5 nitrogen and oxygen atoms in total. The van der Waals surface area contributed by atoms with Crippen molar-refractivity contribution in [3.8, 4) is 0 Å². The number of fused-ring (bicyclic) bond motifs is 1. The van der Waals surface area contributed by atoms with Gasteiger partial charge in [-0.3, -0.25) is 14.4 Å². The maximum absolute atomic E-state index is 11.9. The van der Waals surface area contributed by atoms with Crippen LogP contribution in [-0.4, -0.2) is 39.7 Å². The quantitative estimate of drug-likeness (QED) is 0.809. The van der Waals surface area contributed by atoms with Crippen LogP contribution in [0.15, 0.2) is 18.2 Å². The summed E-state index contributed by atoms with van der Waals surface area (Å²) >= 11 is 0. The molecule has 5 heteroatoms. The van der Waals surface area contributed by atoms with E-state index in [0.717, 1.165) is 44.0 Å². The van der Waals surface area contributed by atoms with Crippen LogP contribution in [0.4, 0.5) is 0 Å². The molecule has 1 aliphatic heterocycles. The van der Waals surface area contributed by atoms with E-state index in [1.165, 1.54) is 44.5 Å². The van der Waals surface area contributed by atoms with Crippen LogP contribution < -0.4 is 5.32 Å². The topological polar surface area (TPSA) is 50.2 Å². The lowest BCUT2D eigenvalue weighted by atomic mass is 9.94. The van der Waals surface area contributed by atoms with Crippen molar-refractivity contribution in [3.05, 3.63) is 29.6 Å². The number of hydrogen-bond acceptors (Lipinski definition) is 3. The predicted octanol–water partition coefficient (Wildman–Crippen LogP) is 2.66. The van der Waals surface area contributed by atoms with Gasteiger partial charge in [0.15, 0.2) is 0 Å². The molecule has 4 rings (SSSR count). The minimum atomic E-state index is 0.178. The molecule has 3 aliphatic rings. The van der Waals surface area contributed by atoms with Crippen LogP contribution in [0.2, 0.25) is 0 Å². The molecule has 2 aliphatic carbocycles. The minimum Gasteiger partial charge on any atom is -0.353 e. The van der Waals surface area contributed by atoms with Crippen molar-refractivity contribution in [1.29, 1.82) is 0 Å². The third-order valence-corrected chi connectivity index (χ3v) is 5.59. The average molecular weight is 342 g/mol. The Morgan fingerprint density at radius 3 is 2.96 bits per heavy atom. The highest BCUT2D eigenvalue weighted by Crippen LogP contribution is 2.22. The van der Waals surface area contributed by atoms with E-state index in [-0.39, 0.29) is 5.91 Å². The van der Waals surface area contributed by atoms with E-state index < -0.39 is 0 Å². The Morgan fingerprint density at radius 1 is 1.24 bits per heavy atom. The Hall–Kier alpha value is -1.62. The molecule has 2 heterocycles. The second kappa shape index (κ2) is 7.73. The number of hydrogen-bond donors (Lipinski definition) is 1. The number of amides is 1. The van der Waals surface area contributed by atoms with Crippen LogP contribution in [0, 0.1) is 5.92 Å². The van der Waals surface area contributed by atoms with Gasteiger partial charge in [-0.05, 0) is 50.5 Å². The third-order valence-electron chi connectivity index (χ3n) is 5.59. The fourth-order valence-corrected chi connectivity index (χ4v) is 4.02. The van der Waals surface area contributed by atoms with Gasteiger partial charge in [-0.2, -0.15) is 5.10 Å². The van der Waals surface area contributed by atoms with Gasteiger partial charge in [0.05, 0.1) is 11.4 Å². The van der Waals surface area contributed by atoms with E-state index in [2.05, 4.69) is 33.1 Å². The number of aryl methyl sites for hydroxylation is 2. The summed E-state index contributed by atoms with van der Waals surface area (Å²) in [5.74, 6) is 0.989. The van der Waals surface area contributed by atoms with Gasteiger partial charge in [0.25, 0.3) is 0 Å². The van der Waals surface area contributed by atoms with E-state index >= 15 is 0 Å². The Labute approximate surface area is 150 Å². The summed E-state index contributed by atoms with van der Waals surface area (Å²) in [7, 11) is 0. The summed E-state index contributed by atoms with van der Waals surface area (Å²) in [6, 6.07) is 2.68. The lowest BCUT2D eigenvalue weighted by Gasteiger charge is -2.26. The molecule has 0 spiro atoms. The molecule has 1 unspecified atom stereocenters. The van der Waals surface area contributed by atoms with Crippen molar-refractivity contribution in [2.24, 2.45) is 5.92 Å². The molecule has 1 aromatic rings. The highest BCUT2D eigenvalue weighted by Gasteiger charge is 2.23. The number of carbonyl (C=O) groups excluding carboxylic acids is 1. The van der Waals surface area contributed by atoms with Crippen LogP contribution in [0.5, 0.6) is 0 Å². The zero-order valence-corrected chi connectivity index (χ0v) is 15.1. The third kappa shape index (κ3) is 4.72. The van der Waals surface area contributed by atoms with Gasteiger partial charge in [-0.25, -0.2) is 0 Å². The van der Waals surface area contributed by atoms with Crippen LogP contribution in [0.3, 0.4) is 0 Å². The summed E-state index contributed by atoms with van der Waals surface area (Å²) in [5, 5.41) is 7.82. The highest BCUT2D eigenvalue weighted by molar-refractivity contribution is 5.76. The number of carbonyl (C=O) groups is 1. The fourth-order valence-electron chi connectivity index (χ4n) is 4.02. The number of allylic oxidation sites excluding steroid dienone is 2. The van der Waals surface area contributed by atoms with Crippen molar-refractivity contribution in [3.63, 3.8) is 0 Å². The second-order valence-corrected chi connectivity index (χ2v) is 7.93. The maximum Gasteiger partial charge on any atom is 0.220 e. The molecular formula is C20H30N4O. The summed E-state index contributed by atoms with van der Waals surface area (Å²) in [5.41, 5.74) is 2.39. The second-order valence-electron chi connectivity index (χ2n) is 7.93. The molecule has 1 saturated carbocycles. The smallest absolute Gasteiger partial charge is 0.220 e. The molecule has 1 amide bonds. The van der Waals surface area contributed by atoms with Crippen LogP contribution in [-0.2, 0) is 24.3 Å². The van der Waals surface area contributed by atoms with Gasteiger partial charge in [0.2, 0.25) is 5.91 Å². The normalized spacial score (nSPS) is 23.9. The number of aromatic nitrogens is 2. The SMILES string of the molecule is O=C(CCc1cc2n(n1)CCCN(CC1CC=CCC1)C2)NC1CC1. The van der Waals surface area contributed by atoms with Crippen molar-refractivity contribution >= 4 is 5.91 Å². The number of nitrogens with one attached hydrogen (secondary N) is 1. The zero-order chi connectivity index (χ0) is 17.1. The summed E-state index contributed by atoms with van der Waals surface area (Å²) in [6.07, 6.45) is 13.2. The lowest BCUT2D eigenvalue weighted by Crippen LogP contribution is -2.29. The molecule has 1 fully saturated rings. The van der Waals surface area contributed by atoms with Gasteiger partial charge in [0.1, 0.15) is 0 Å². The first-order chi connectivity index (χ1) is 12.3. The van der Waals surface area contributed by atoms with Gasteiger partial charge < -0.3 is 5.32 Å². The molecule has 25 heavy (non-hydrogen) atoms. The fraction of sp³-hybridized carbons (Fsp3) is 0.700. The van der Waals surface area contributed by atoms with E-state index in [0.29, 0.717) is 12.5 Å². The first-order valence-electron chi connectivity index (χ1n) is 9.98. The molecule has 0 aromatic carbocycles. The predicted molar refractivity (Wildman–Crippen MR) is 98.1 cm³/mol. The minimum absolute atomic E-state index is 0.178. The Balaban J connectivity index is 1.31. The molecule has 1 aromatic heterocycles. The molecule has 1 N–H and O–H groups in total. The first kappa shape index (κ1) is 16.8. The Kier molecular flexibility index (Phi) is 5.20. The Morgan fingerprint density at radius 2 is 2.16 bits per heavy atom. The van der Waals surface area contributed by atoms with Crippen molar-refractivity contribution in [1.82, 2.24) is 20.0 Å². The monoisotopic (exact) mass is 342 g/mol. The van der Waals surface area contributed by atoms with Gasteiger partial charge in [-0.1, -0.05) is 12.2 Å². The summed E-state index contributed by atoms with van der Waals surface area (Å²) < 4.78 is 2.18. The van der Waals surface area contributed by atoms with Crippen LogP contribution in [0.1, 0.15) is 56.3 Å². The Bertz CT molecular complexity index is 632. The van der Waals surface area contributed by atoms with E-state index in [4.69, 9.17) is 5.10 Å². The molecule has 0 saturated heterocycles. The van der Waals surface area contributed by atoms with E-state index in [9.17, 15) is 4.79 Å². The van der Waals surface area contributed by atoms with Gasteiger partial charge >= 0.3 is 0 Å². The molecule has 1 atom stereocenters. The summed E-state index contributed by atoms with van der Waals surface area (Å²) in [6.45, 7) is 4.38. The molecular weight excluding hydrogens is 312 g/mol. The van der Waals surface area contributed by atoms with Gasteiger partial charge in [0, 0.05) is 45.1 Å². The largest absolute Gasteiger partial charge is 0.353 e. The number of nitrogens with zero attached hydrogens (tertiary/aromatic N) is 3. The average Bonchev–Trinajstić information content (AvgIpc) is 3.37. The van der Waals surface area contributed by atoms with Gasteiger partial charge in [-0.15, -0.1) is 0 Å². The van der Waals surface area contributed by atoms with E-state index in [1.54, 1.807) is 0 Å². The first-order valence-corrected chi connectivity index (χ1v) is 9.98. The standard InChI is InChI=1S/C20H30N4O/c25-20(21-17-7-8-17)10-9-18-13-19-15-23(11-4-12-24(19)22-18)14-16-5-2-1-3-6-16/h1-2,13,16-17H,3-12,14-15H2,(H,21,25). The van der Waals surface area contributed by atoms with Crippen LogP contribution in [0.25, 0.3) is 0 Å². The molecule has 0 radical (unpaired) electrons. The lowest BCUT2D eigenvalue weighted by molar-refractivity contribution is -0.121.